The van der Waals surface area contributed by atoms with Crippen LogP contribution in [0.4, 0.5) is 0 Å². The third-order valence-corrected chi connectivity index (χ3v) is 5.32. The lowest BCUT2D eigenvalue weighted by Gasteiger charge is -2.34. The molecule has 2 heterocycles. The molecule has 0 spiro atoms. The lowest BCUT2D eigenvalue weighted by atomic mass is 10.1. The Labute approximate surface area is 172 Å². The van der Waals surface area contributed by atoms with E-state index in [0.29, 0.717) is 47.5 Å². The Hall–Kier alpha value is -2.57. The van der Waals surface area contributed by atoms with E-state index in [4.69, 9.17) is 23.2 Å². The van der Waals surface area contributed by atoms with E-state index in [1.54, 1.807) is 28.0 Å². The molecule has 1 aliphatic rings. The second-order valence-corrected chi connectivity index (χ2v) is 7.74. The summed E-state index contributed by atoms with van der Waals surface area (Å²) in [5, 5.41) is 8.77. The molecule has 8 heteroatoms. The van der Waals surface area contributed by atoms with Crippen molar-refractivity contribution in [3.05, 3.63) is 63.3 Å². The first-order chi connectivity index (χ1) is 13.4. The van der Waals surface area contributed by atoms with E-state index < -0.39 is 0 Å². The molecule has 2 amide bonds. The summed E-state index contributed by atoms with van der Waals surface area (Å²) in [6, 6.07) is 10.6. The second-order valence-electron chi connectivity index (χ2n) is 6.86. The molecule has 144 valence electrons. The molecular weight excluding hydrogens is 399 g/mol. The summed E-state index contributed by atoms with van der Waals surface area (Å²) >= 11 is 12.0. The number of amides is 2. The van der Waals surface area contributed by atoms with E-state index >= 15 is 0 Å². The fraction of sp³-hybridized carbons (Fsp3) is 0.250. The summed E-state index contributed by atoms with van der Waals surface area (Å²) in [5.74, 6) is -0.271. The molecule has 1 N–H and O–H groups in total. The van der Waals surface area contributed by atoms with Crippen molar-refractivity contribution in [2.75, 3.05) is 26.2 Å². The van der Waals surface area contributed by atoms with Gasteiger partial charge in [-0.1, -0.05) is 34.8 Å². The fourth-order valence-corrected chi connectivity index (χ4v) is 3.94. The Balaban J connectivity index is 1.47. The van der Waals surface area contributed by atoms with Crippen LogP contribution >= 0.6 is 23.2 Å². The van der Waals surface area contributed by atoms with Gasteiger partial charge in [0.1, 0.15) is 0 Å². The van der Waals surface area contributed by atoms with Crippen molar-refractivity contribution in [3.8, 4) is 0 Å². The van der Waals surface area contributed by atoms with Crippen molar-refractivity contribution >= 4 is 45.9 Å². The van der Waals surface area contributed by atoms with Crippen LogP contribution in [0.5, 0.6) is 0 Å². The number of nitrogens with one attached hydrogen (secondary N) is 1. The number of nitrogens with zero attached hydrogens (tertiary/aromatic N) is 3. The highest BCUT2D eigenvalue weighted by Gasteiger charge is 2.27. The predicted octanol–water partition coefficient (Wildman–Crippen LogP) is 3.78. The highest BCUT2D eigenvalue weighted by Crippen LogP contribution is 2.22. The van der Waals surface area contributed by atoms with Crippen LogP contribution in [-0.4, -0.2) is 58.0 Å². The minimum atomic E-state index is -0.141. The van der Waals surface area contributed by atoms with Gasteiger partial charge in [-0.15, -0.1) is 0 Å². The van der Waals surface area contributed by atoms with Gasteiger partial charge in [-0.05, 0) is 37.3 Å². The standard InChI is InChI=1S/C20H18Cl2N4O2/c1-12-2-3-17-16(8-12)18(24-23-17)20(28)26-6-4-25(5-7-26)19(27)13-9-14(21)11-15(22)10-13/h2-3,8-11H,4-7H2,1H3,(H,23,24). The van der Waals surface area contributed by atoms with Gasteiger partial charge >= 0.3 is 0 Å². The highest BCUT2D eigenvalue weighted by atomic mass is 35.5. The number of piperazine rings is 1. The van der Waals surface area contributed by atoms with Crippen LogP contribution in [0.15, 0.2) is 36.4 Å². The lowest BCUT2D eigenvalue weighted by Crippen LogP contribution is -2.50. The smallest absolute Gasteiger partial charge is 0.275 e. The van der Waals surface area contributed by atoms with Crippen molar-refractivity contribution in [2.45, 2.75) is 6.92 Å². The Morgan fingerprint density at radius 3 is 2.18 bits per heavy atom. The third-order valence-electron chi connectivity index (χ3n) is 4.88. The molecule has 1 aliphatic heterocycles. The number of carbonyl (C=O) groups is 2. The van der Waals surface area contributed by atoms with Gasteiger partial charge in [0.2, 0.25) is 0 Å². The first-order valence-corrected chi connectivity index (χ1v) is 9.67. The minimum Gasteiger partial charge on any atom is -0.335 e. The molecule has 2 aromatic carbocycles. The average molecular weight is 417 g/mol. The lowest BCUT2D eigenvalue weighted by molar-refractivity contribution is 0.0533. The van der Waals surface area contributed by atoms with E-state index in [9.17, 15) is 9.59 Å². The van der Waals surface area contributed by atoms with Gasteiger partial charge in [0.25, 0.3) is 11.8 Å². The second kappa shape index (κ2) is 7.45. The number of aryl methyl sites for hydroxylation is 1. The van der Waals surface area contributed by atoms with Gasteiger partial charge in [-0.25, -0.2) is 0 Å². The number of fused-ring (bicyclic) bond motifs is 1. The van der Waals surface area contributed by atoms with Crippen molar-refractivity contribution in [1.82, 2.24) is 20.0 Å². The first-order valence-electron chi connectivity index (χ1n) is 8.92. The summed E-state index contributed by atoms with van der Waals surface area (Å²) in [7, 11) is 0. The largest absolute Gasteiger partial charge is 0.335 e. The summed E-state index contributed by atoms with van der Waals surface area (Å²) in [5.41, 5.74) is 2.77. The van der Waals surface area contributed by atoms with E-state index in [2.05, 4.69) is 10.2 Å². The van der Waals surface area contributed by atoms with Crippen LogP contribution in [0.2, 0.25) is 10.0 Å². The SMILES string of the molecule is Cc1ccc2[nH]nc(C(=O)N3CCN(C(=O)c4cc(Cl)cc(Cl)c4)CC3)c2c1. The van der Waals surface area contributed by atoms with Gasteiger partial charge in [0, 0.05) is 47.2 Å². The molecule has 0 unspecified atom stereocenters. The zero-order valence-electron chi connectivity index (χ0n) is 15.2. The van der Waals surface area contributed by atoms with Crippen LogP contribution in [0.25, 0.3) is 10.9 Å². The Bertz CT molecular complexity index is 1050. The maximum Gasteiger partial charge on any atom is 0.275 e. The molecule has 4 rings (SSSR count). The predicted molar refractivity (Wildman–Crippen MR) is 109 cm³/mol. The van der Waals surface area contributed by atoms with Gasteiger partial charge in [-0.2, -0.15) is 5.10 Å². The van der Waals surface area contributed by atoms with Gasteiger partial charge < -0.3 is 9.80 Å². The van der Waals surface area contributed by atoms with Crippen molar-refractivity contribution in [2.24, 2.45) is 0 Å². The van der Waals surface area contributed by atoms with Crippen LogP contribution < -0.4 is 0 Å². The van der Waals surface area contributed by atoms with E-state index in [1.165, 1.54) is 0 Å². The first kappa shape index (κ1) is 18.8. The molecule has 0 aliphatic carbocycles. The summed E-state index contributed by atoms with van der Waals surface area (Å²) in [6.07, 6.45) is 0. The molecule has 1 fully saturated rings. The van der Waals surface area contributed by atoms with Gasteiger partial charge in [0.15, 0.2) is 5.69 Å². The van der Waals surface area contributed by atoms with Crippen molar-refractivity contribution < 1.29 is 9.59 Å². The maximum absolute atomic E-state index is 12.9. The number of rotatable bonds is 2. The quantitative estimate of drug-likeness (QED) is 0.690. The van der Waals surface area contributed by atoms with E-state index in [-0.39, 0.29) is 11.8 Å². The summed E-state index contributed by atoms with van der Waals surface area (Å²) in [6.45, 7) is 3.75. The molecule has 1 saturated heterocycles. The molecule has 0 radical (unpaired) electrons. The Kier molecular flexibility index (Phi) is 5.00. The van der Waals surface area contributed by atoms with Crippen LogP contribution in [0, 0.1) is 6.92 Å². The number of hydrogen-bond donors (Lipinski definition) is 1. The van der Waals surface area contributed by atoms with Crippen LogP contribution in [0.1, 0.15) is 26.4 Å². The summed E-state index contributed by atoms with van der Waals surface area (Å²) in [4.78, 5) is 29.1. The fourth-order valence-electron chi connectivity index (χ4n) is 3.41. The topological polar surface area (TPSA) is 69.3 Å². The van der Waals surface area contributed by atoms with Crippen LogP contribution in [0.3, 0.4) is 0 Å². The van der Waals surface area contributed by atoms with Gasteiger partial charge in [-0.3, -0.25) is 14.7 Å². The van der Waals surface area contributed by atoms with E-state index in [1.807, 2.05) is 25.1 Å². The number of aromatic amines is 1. The zero-order valence-corrected chi connectivity index (χ0v) is 16.7. The van der Waals surface area contributed by atoms with Crippen molar-refractivity contribution in [1.29, 1.82) is 0 Å². The number of halogens is 2. The highest BCUT2D eigenvalue weighted by molar-refractivity contribution is 6.35. The number of H-pyrrole nitrogens is 1. The molecule has 28 heavy (non-hydrogen) atoms. The number of aromatic nitrogens is 2. The number of hydrogen-bond acceptors (Lipinski definition) is 3. The minimum absolute atomic E-state index is 0.130. The van der Waals surface area contributed by atoms with Gasteiger partial charge in [0.05, 0.1) is 5.52 Å². The normalized spacial score (nSPS) is 14.5. The Morgan fingerprint density at radius 2 is 1.54 bits per heavy atom. The maximum atomic E-state index is 12.9. The van der Waals surface area contributed by atoms with Crippen LogP contribution in [-0.2, 0) is 0 Å². The molecule has 6 nitrogen and oxygen atoms in total. The summed E-state index contributed by atoms with van der Waals surface area (Å²) < 4.78 is 0. The molecule has 0 bridgehead atoms. The van der Waals surface area contributed by atoms with Crippen molar-refractivity contribution in [3.63, 3.8) is 0 Å². The average Bonchev–Trinajstić information content (AvgIpc) is 3.09. The molecule has 3 aromatic rings. The number of benzene rings is 2. The zero-order chi connectivity index (χ0) is 19.8. The van der Waals surface area contributed by atoms with E-state index in [0.717, 1.165) is 16.5 Å². The third kappa shape index (κ3) is 3.57. The Morgan fingerprint density at radius 1 is 0.929 bits per heavy atom. The molecular formula is C20H18Cl2N4O2. The molecule has 1 aromatic heterocycles. The molecule has 0 atom stereocenters. The number of carbonyl (C=O) groups excluding carboxylic acids is 2. The monoisotopic (exact) mass is 416 g/mol. The molecule has 0 saturated carbocycles.